The normalized spacial score (nSPS) is 34.7. The molecular weight excluding hydrogens is 232 g/mol. The topological polar surface area (TPSA) is 77.8 Å². The van der Waals surface area contributed by atoms with Crippen LogP contribution >= 0.6 is 0 Å². The molecule has 1 rings (SSSR count). The van der Waals surface area contributed by atoms with Crippen LogP contribution in [0.2, 0.25) is 0 Å². The molecule has 0 amide bonds. The number of β-amino-alcohol motifs (C(OH)–C–C–N with tert-alkyl or cyclic N) is 1. The number of nitrogens with zero attached hydrogens (tertiary/aromatic N) is 1. The first kappa shape index (κ1) is 12.8. The summed E-state index contributed by atoms with van der Waals surface area (Å²) in [4.78, 5) is 0. The van der Waals surface area contributed by atoms with Crippen molar-refractivity contribution in [2.75, 3.05) is 19.3 Å². The molecule has 90 valence electrons. The molecule has 1 aliphatic rings. The Labute approximate surface area is 86.4 Å². The SMILES string of the molecule is CS(=O)(=O)N1CC(C(F)F)[C@@H](O)[C@H](O)C1. The molecule has 8 heteroatoms. The molecule has 1 aliphatic heterocycles. The molecule has 0 radical (unpaired) electrons. The second-order valence-electron chi connectivity index (χ2n) is 3.64. The lowest BCUT2D eigenvalue weighted by atomic mass is 9.94. The summed E-state index contributed by atoms with van der Waals surface area (Å²) in [7, 11) is -3.62. The molecule has 0 aliphatic carbocycles. The lowest BCUT2D eigenvalue weighted by Gasteiger charge is -2.37. The van der Waals surface area contributed by atoms with Gasteiger partial charge in [-0.3, -0.25) is 0 Å². The Balaban J connectivity index is 2.85. The summed E-state index contributed by atoms with van der Waals surface area (Å²) in [5, 5.41) is 18.5. The Morgan fingerprint density at radius 2 is 1.87 bits per heavy atom. The summed E-state index contributed by atoms with van der Waals surface area (Å²) >= 11 is 0. The molecule has 0 bridgehead atoms. The molecule has 3 atom stereocenters. The number of rotatable bonds is 2. The van der Waals surface area contributed by atoms with Gasteiger partial charge in [0.1, 0.15) is 0 Å². The molecule has 0 spiro atoms. The fraction of sp³-hybridized carbons (Fsp3) is 1.00. The molecule has 0 aromatic rings. The van der Waals surface area contributed by atoms with Crippen molar-refractivity contribution in [3.05, 3.63) is 0 Å². The molecule has 1 heterocycles. The second-order valence-corrected chi connectivity index (χ2v) is 5.62. The van der Waals surface area contributed by atoms with Crippen LogP contribution in [0.4, 0.5) is 8.78 Å². The standard InChI is InChI=1S/C7H13F2NO4S/c1-15(13,14)10-2-4(7(8)9)6(12)5(11)3-10/h4-7,11-12H,2-3H2,1H3/t4?,5-,6-/m1/s1. The zero-order valence-corrected chi connectivity index (χ0v) is 8.86. The fourth-order valence-electron chi connectivity index (χ4n) is 1.52. The Kier molecular flexibility index (Phi) is 3.64. The predicted molar refractivity (Wildman–Crippen MR) is 47.9 cm³/mol. The van der Waals surface area contributed by atoms with E-state index in [0.29, 0.717) is 0 Å². The maximum absolute atomic E-state index is 12.4. The van der Waals surface area contributed by atoms with E-state index in [1.54, 1.807) is 0 Å². The summed E-state index contributed by atoms with van der Waals surface area (Å²) in [6, 6.07) is 0. The van der Waals surface area contributed by atoms with Gasteiger partial charge in [-0.05, 0) is 0 Å². The highest BCUT2D eigenvalue weighted by molar-refractivity contribution is 7.88. The molecule has 0 aromatic carbocycles. The van der Waals surface area contributed by atoms with E-state index in [1.807, 2.05) is 0 Å². The van der Waals surface area contributed by atoms with E-state index < -0.39 is 41.1 Å². The average Bonchev–Trinajstić information content (AvgIpc) is 2.06. The molecule has 1 fully saturated rings. The van der Waals surface area contributed by atoms with Crippen molar-refractivity contribution < 1.29 is 27.4 Å². The van der Waals surface area contributed by atoms with Crippen LogP contribution in [0, 0.1) is 5.92 Å². The van der Waals surface area contributed by atoms with Gasteiger partial charge >= 0.3 is 0 Å². The Bertz CT molecular complexity index is 321. The average molecular weight is 245 g/mol. The highest BCUT2D eigenvalue weighted by atomic mass is 32.2. The number of hydrogen-bond donors (Lipinski definition) is 2. The van der Waals surface area contributed by atoms with Gasteiger partial charge in [0, 0.05) is 13.1 Å². The predicted octanol–water partition coefficient (Wildman–Crippen LogP) is -1.14. The fourth-order valence-corrected chi connectivity index (χ4v) is 2.39. The lowest BCUT2D eigenvalue weighted by molar-refractivity contribution is -0.101. The third-order valence-electron chi connectivity index (χ3n) is 2.43. The number of alkyl halides is 2. The van der Waals surface area contributed by atoms with Gasteiger partial charge < -0.3 is 10.2 Å². The van der Waals surface area contributed by atoms with E-state index in [0.717, 1.165) is 10.6 Å². The summed E-state index contributed by atoms with van der Waals surface area (Å²) in [5.74, 6) is -1.54. The zero-order valence-electron chi connectivity index (χ0n) is 8.05. The van der Waals surface area contributed by atoms with Crippen molar-refractivity contribution in [1.29, 1.82) is 0 Å². The van der Waals surface area contributed by atoms with Crippen molar-refractivity contribution in [1.82, 2.24) is 4.31 Å². The highest BCUT2D eigenvalue weighted by Gasteiger charge is 2.42. The maximum Gasteiger partial charge on any atom is 0.245 e. The first-order valence-electron chi connectivity index (χ1n) is 4.33. The van der Waals surface area contributed by atoms with E-state index in [-0.39, 0.29) is 6.54 Å². The first-order valence-corrected chi connectivity index (χ1v) is 6.17. The maximum atomic E-state index is 12.4. The van der Waals surface area contributed by atoms with Gasteiger partial charge in [-0.25, -0.2) is 17.2 Å². The summed E-state index contributed by atoms with van der Waals surface area (Å²) in [6.45, 7) is -0.808. The summed E-state index contributed by atoms with van der Waals surface area (Å²) < 4.78 is 47.8. The number of piperidine rings is 1. The molecule has 0 aromatic heterocycles. The van der Waals surface area contributed by atoms with E-state index in [1.165, 1.54) is 0 Å². The van der Waals surface area contributed by atoms with Crippen LogP contribution < -0.4 is 0 Å². The van der Waals surface area contributed by atoms with Crippen molar-refractivity contribution >= 4 is 10.0 Å². The molecule has 1 saturated heterocycles. The first-order chi connectivity index (χ1) is 6.73. The van der Waals surface area contributed by atoms with Gasteiger partial charge in [-0.15, -0.1) is 0 Å². The van der Waals surface area contributed by atoms with Crippen molar-refractivity contribution in [2.45, 2.75) is 18.6 Å². The van der Waals surface area contributed by atoms with Gasteiger partial charge in [0.25, 0.3) is 0 Å². The van der Waals surface area contributed by atoms with Crippen LogP contribution in [-0.4, -0.2) is 60.9 Å². The van der Waals surface area contributed by atoms with Crippen LogP contribution in [0.3, 0.4) is 0 Å². The smallest absolute Gasteiger partial charge is 0.245 e. The highest BCUT2D eigenvalue weighted by Crippen LogP contribution is 2.24. The summed E-state index contributed by atoms with van der Waals surface area (Å²) in [5.41, 5.74) is 0. The van der Waals surface area contributed by atoms with Gasteiger partial charge in [0.05, 0.1) is 24.4 Å². The van der Waals surface area contributed by atoms with Crippen LogP contribution in [0.5, 0.6) is 0 Å². The van der Waals surface area contributed by atoms with Crippen molar-refractivity contribution in [3.8, 4) is 0 Å². The number of aliphatic hydroxyl groups is 2. The monoisotopic (exact) mass is 245 g/mol. The minimum absolute atomic E-state index is 0.344. The molecule has 15 heavy (non-hydrogen) atoms. The van der Waals surface area contributed by atoms with Gasteiger partial charge in [0.15, 0.2) is 0 Å². The Morgan fingerprint density at radius 1 is 1.33 bits per heavy atom. The minimum Gasteiger partial charge on any atom is -0.390 e. The third kappa shape index (κ3) is 2.83. The van der Waals surface area contributed by atoms with Crippen molar-refractivity contribution in [3.63, 3.8) is 0 Å². The minimum atomic E-state index is -3.62. The second kappa shape index (κ2) is 4.28. The zero-order chi connectivity index (χ0) is 11.8. The van der Waals surface area contributed by atoms with Crippen LogP contribution in [0.1, 0.15) is 0 Å². The van der Waals surface area contributed by atoms with Crippen LogP contribution in [0.15, 0.2) is 0 Å². The Hall–Kier alpha value is -0.310. The lowest BCUT2D eigenvalue weighted by Crippen LogP contribution is -2.55. The number of aliphatic hydroxyl groups excluding tert-OH is 2. The molecule has 1 unspecified atom stereocenters. The van der Waals surface area contributed by atoms with E-state index >= 15 is 0 Å². The van der Waals surface area contributed by atoms with Gasteiger partial charge in [-0.1, -0.05) is 0 Å². The molecule has 2 N–H and O–H groups in total. The van der Waals surface area contributed by atoms with E-state index in [2.05, 4.69) is 0 Å². The largest absolute Gasteiger partial charge is 0.390 e. The summed E-state index contributed by atoms with van der Waals surface area (Å²) in [6.07, 6.45) is -5.03. The molecule has 5 nitrogen and oxygen atoms in total. The molecule has 0 saturated carbocycles. The van der Waals surface area contributed by atoms with Crippen molar-refractivity contribution in [2.24, 2.45) is 5.92 Å². The van der Waals surface area contributed by atoms with E-state index in [4.69, 9.17) is 0 Å². The quantitative estimate of drug-likeness (QED) is 0.645. The molecular formula is C7H13F2NO4S. The number of halogens is 2. The van der Waals surface area contributed by atoms with Gasteiger partial charge in [0.2, 0.25) is 16.4 Å². The van der Waals surface area contributed by atoms with Crippen LogP contribution in [-0.2, 0) is 10.0 Å². The number of hydrogen-bond acceptors (Lipinski definition) is 4. The van der Waals surface area contributed by atoms with E-state index in [9.17, 15) is 27.4 Å². The number of sulfonamides is 1. The van der Waals surface area contributed by atoms with Gasteiger partial charge in [-0.2, -0.15) is 4.31 Å². The third-order valence-corrected chi connectivity index (χ3v) is 3.67. The van der Waals surface area contributed by atoms with Crippen LogP contribution in [0.25, 0.3) is 0 Å². The Morgan fingerprint density at radius 3 is 2.27 bits per heavy atom.